The van der Waals surface area contributed by atoms with Gasteiger partial charge in [0.1, 0.15) is 11.4 Å². The zero-order valence-electron chi connectivity index (χ0n) is 12.6. The average Bonchev–Trinajstić information content (AvgIpc) is 2.58. The number of methoxy groups -OCH3 is 1. The molecule has 3 aromatic rings. The summed E-state index contributed by atoms with van der Waals surface area (Å²) in [4.78, 5) is 12.1. The van der Waals surface area contributed by atoms with Crippen molar-refractivity contribution in [1.82, 2.24) is 14.9 Å². The van der Waals surface area contributed by atoms with E-state index in [2.05, 4.69) is 15.3 Å². The molecule has 0 amide bonds. The highest BCUT2D eigenvalue weighted by Crippen LogP contribution is 2.26. The lowest BCUT2D eigenvalue weighted by Gasteiger charge is -2.08. The molecule has 1 heterocycles. The van der Waals surface area contributed by atoms with Crippen LogP contribution in [0.5, 0.6) is 5.75 Å². The molecular formula is C16H14N4O2S. The topological polar surface area (TPSA) is 72.3 Å². The normalized spacial score (nSPS) is 11.2. The van der Waals surface area contributed by atoms with Crippen molar-refractivity contribution in [2.24, 2.45) is 5.10 Å². The minimum Gasteiger partial charge on any atom is -0.496 e. The largest absolute Gasteiger partial charge is 0.496 e. The van der Waals surface area contributed by atoms with Gasteiger partial charge in [0.05, 0.1) is 13.3 Å². The summed E-state index contributed by atoms with van der Waals surface area (Å²) in [6, 6.07) is 11.7. The lowest BCUT2D eigenvalue weighted by Crippen LogP contribution is -2.22. The molecule has 2 aromatic carbocycles. The number of rotatable bonds is 3. The Kier molecular flexibility index (Phi) is 4.03. The quantitative estimate of drug-likeness (QED) is 0.593. The average molecular weight is 326 g/mol. The van der Waals surface area contributed by atoms with E-state index in [0.717, 1.165) is 21.0 Å². The first-order valence-corrected chi connectivity index (χ1v) is 7.31. The predicted octanol–water partition coefficient (Wildman–Crippen LogP) is 2.65. The van der Waals surface area contributed by atoms with Crippen LogP contribution in [-0.4, -0.2) is 28.2 Å². The molecule has 0 spiro atoms. The van der Waals surface area contributed by atoms with Crippen molar-refractivity contribution in [2.75, 3.05) is 7.11 Å². The molecule has 0 unspecified atom stereocenters. The van der Waals surface area contributed by atoms with Crippen LogP contribution in [0.15, 0.2) is 46.3 Å². The number of hydrogen-bond acceptors (Lipinski definition) is 5. The minimum absolute atomic E-state index is 0.135. The highest BCUT2D eigenvalue weighted by atomic mass is 32.1. The van der Waals surface area contributed by atoms with Crippen LogP contribution in [0, 0.1) is 11.7 Å². The fraction of sp³-hybridized carbons (Fsp3) is 0.125. The summed E-state index contributed by atoms with van der Waals surface area (Å²) >= 11 is 5.07. The Balaban J connectivity index is 2.21. The van der Waals surface area contributed by atoms with Crippen LogP contribution < -0.4 is 10.3 Å². The van der Waals surface area contributed by atoms with E-state index in [9.17, 15) is 4.79 Å². The van der Waals surface area contributed by atoms with E-state index in [1.54, 1.807) is 20.2 Å². The van der Waals surface area contributed by atoms with Crippen LogP contribution in [0.4, 0.5) is 0 Å². The molecule has 0 aliphatic rings. The van der Waals surface area contributed by atoms with Gasteiger partial charge in [-0.05, 0) is 36.0 Å². The van der Waals surface area contributed by atoms with Crippen molar-refractivity contribution in [3.63, 3.8) is 0 Å². The molecule has 0 aliphatic carbocycles. The Bertz CT molecular complexity index is 1020. The van der Waals surface area contributed by atoms with Gasteiger partial charge < -0.3 is 4.74 Å². The number of fused-ring (bicyclic) bond motifs is 1. The maximum atomic E-state index is 12.1. The lowest BCUT2D eigenvalue weighted by molar-refractivity contribution is 0.415. The van der Waals surface area contributed by atoms with Crippen LogP contribution in [0.2, 0.25) is 0 Å². The van der Waals surface area contributed by atoms with E-state index in [-0.39, 0.29) is 10.3 Å². The summed E-state index contributed by atoms with van der Waals surface area (Å²) in [7, 11) is 1.59. The van der Waals surface area contributed by atoms with Gasteiger partial charge in [-0.1, -0.05) is 30.3 Å². The monoisotopic (exact) mass is 326 g/mol. The first-order chi connectivity index (χ1) is 11.1. The standard InChI is InChI=1S/C16H14N4O2S/c1-10-15(21)20(16(23)19-18-10)17-9-13-12-6-4-3-5-11(12)7-8-14(13)22-2/h3-9H,1-2H3,(H,19,23)/b17-9+. The lowest BCUT2D eigenvalue weighted by atomic mass is 10.0. The number of H-pyrrole nitrogens is 1. The van der Waals surface area contributed by atoms with E-state index in [4.69, 9.17) is 17.0 Å². The summed E-state index contributed by atoms with van der Waals surface area (Å²) in [5.41, 5.74) is 0.714. The minimum atomic E-state index is -0.357. The second-order valence-corrected chi connectivity index (χ2v) is 5.27. The summed E-state index contributed by atoms with van der Waals surface area (Å²) < 4.78 is 6.65. The van der Waals surface area contributed by atoms with Gasteiger partial charge in [0.15, 0.2) is 0 Å². The van der Waals surface area contributed by atoms with Gasteiger partial charge >= 0.3 is 0 Å². The molecule has 0 aliphatic heterocycles. The molecule has 0 radical (unpaired) electrons. The number of aryl methyl sites for hydroxylation is 1. The molecule has 1 aromatic heterocycles. The molecule has 7 heteroatoms. The Labute approximate surface area is 137 Å². The number of aromatic nitrogens is 3. The Morgan fingerprint density at radius 2 is 2.09 bits per heavy atom. The third-order valence-corrected chi connectivity index (χ3v) is 3.73. The summed E-state index contributed by atoms with van der Waals surface area (Å²) in [6.45, 7) is 1.60. The van der Waals surface area contributed by atoms with Crippen LogP contribution in [0.25, 0.3) is 10.8 Å². The first kappa shape index (κ1) is 15.1. The van der Waals surface area contributed by atoms with Gasteiger partial charge in [-0.15, -0.1) is 0 Å². The van der Waals surface area contributed by atoms with Gasteiger partial charge in [-0.3, -0.25) is 9.89 Å². The fourth-order valence-corrected chi connectivity index (χ4v) is 2.46. The number of aromatic amines is 1. The maximum Gasteiger partial charge on any atom is 0.296 e. The predicted molar refractivity (Wildman–Crippen MR) is 91.9 cm³/mol. The van der Waals surface area contributed by atoms with Gasteiger partial charge in [-0.25, -0.2) is 0 Å². The van der Waals surface area contributed by atoms with Gasteiger partial charge in [0.2, 0.25) is 4.77 Å². The number of ether oxygens (including phenoxy) is 1. The fourth-order valence-electron chi connectivity index (χ4n) is 2.28. The molecule has 0 saturated carbocycles. The first-order valence-electron chi connectivity index (χ1n) is 6.90. The molecule has 116 valence electrons. The highest BCUT2D eigenvalue weighted by Gasteiger charge is 2.07. The SMILES string of the molecule is COc1ccc2ccccc2c1/C=N/n1c(=S)[nH]nc(C)c1=O. The molecule has 0 bridgehead atoms. The van der Waals surface area contributed by atoms with E-state index in [1.165, 1.54) is 0 Å². The molecule has 1 N–H and O–H groups in total. The van der Waals surface area contributed by atoms with Gasteiger partial charge in [0.25, 0.3) is 5.56 Å². The molecule has 6 nitrogen and oxygen atoms in total. The summed E-state index contributed by atoms with van der Waals surface area (Å²) in [6.07, 6.45) is 1.58. The smallest absolute Gasteiger partial charge is 0.296 e. The van der Waals surface area contributed by atoms with Crippen molar-refractivity contribution in [1.29, 1.82) is 0 Å². The molecule has 0 fully saturated rings. The molecule has 23 heavy (non-hydrogen) atoms. The molecule has 3 rings (SSSR count). The zero-order valence-corrected chi connectivity index (χ0v) is 13.4. The van der Waals surface area contributed by atoms with Gasteiger partial charge in [-0.2, -0.15) is 14.9 Å². The van der Waals surface area contributed by atoms with Crippen molar-refractivity contribution in [3.8, 4) is 5.75 Å². The number of benzene rings is 2. The summed E-state index contributed by atoms with van der Waals surface area (Å²) in [5, 5.41) is 12.7. The van der Waals surface area contributed by atoms with Gasteiger partial charge in [0, 0.05) is 5.56 Å². The second-order valence-electron chi connectivity index (χ2n) is 4.88. The number of nitrogens with zero attached hydrogens (tertiary/aromatic N) is 3. The molecule has 0 saturated heterocycles. The van der Waals surface area contributed by atoms with E-state index >= 15 is 0 Å². The molecular weight excluding hydrogens is 312 g/mol. The van der Waals surface area contributed by atoms with Crippen LogP contribution in [0.3, 0.4) is 0 Å². The highest BCUT2D eigenvalue weighted by molar-refractivity contribution is 7.71. The molecule has 0 atom stereocenters. The van der Waals surface area contributed by atoms with Crippen LogP contribution >= 0.6 is 12.2 Å². The van der Waals surface area contributed by atoms with E-state index < -0.39 is 0 Å². The van der Waals surface area contributed by atoms with E-state index in [1.807, 2.05) is 36.4 Å². The van der Waals surface area contributed by atoms with Crippen molar-refractivity contribution >= 4 is 29.2 Å². The van der Waals surface area contributed by atoms with Crippen molar-refractivity contribution in [3.05, 3.63) is 62.8 Å². The zero-order chi connectivity index (χ0) is 16.4. The van der Waals surface area contributed by atoms with Crippen LogP contribution in [0.1, 0.15) is 11.3 Å². The second kappa shape index (κ2) is 6.13. The van der Waals surface area contributed by atoms with Crippen molar-refractivity contribution < 1.29 is 4.74 Å². The maximum absolute atomic E-state index is 12.1. The third kappa shape index (κ3) is 2.78. The summed E-state index contributed by atoms with van der Waals surface area (Å²) in [5.74, 6) is 0.668. The Hall–Kier alpha value is -2.80. The number of hydrogen-bond donors (Lipinski definition) is 1. The number of nitrogens with one attached hydrogen (secondary N) is 1. The van der Waals surface area contributed by atoms with Crippen molar-refractivity contribution in [2.45, 2.75) is 6.92 Å². The third-order valence-electron chi connectivity index (χ3n) is 3.47. The Morgan fingerprint density at radius 1 is 1.30 bits per heavy atom. The Morgan fingerprint density at radius 3 is 2.87 bits per heavy atom. The van der Waals surface area contributed by atoms with E-state index in [0.29, 0.717) is 11.4 Å². The van der Waals surface area contributed by atoms with Crippen LogP contribution in [-0.2, 0) is 0 Å².